The van der Waals surface area contributed by atoms with Crippen molar-refractivity contribution in [2.24, 2.45) is 4.99 Å². The van der Waals surface area contributed by atoms with Gasteiger partial charge in [-0.3, -0.25) is 4.99 Å². The second-order valence-corrected chi connectivity index (χ2v) is 7.34. The zero-order valence-electron chi connectivity index (χ0n) is 14.7. The Morgan fingerprint density at radius 2 is 2.00 bits per heavy atom. The van der Waals surface area contributed by atoms with Gasteiger partial charge in [0.1, 0.15) is 0 Å². The number of hydrogen-bond acceptors (Lipinski definition) is 3. The summed E-state index contributed by atoms with van der Waals surface area (Å²) in [6, 6.07) is 2.17. The van der Waals surface area contributed by atoms with Crippen molar-refractivity contribution >= 4 is 17.3 Å². The van der Waals surface area contributed by atoms with E-state index >= 15 is 0 Å². The zero-order chi connectivity index (χ0) is 16.3. The largest absolute Gasteiger partial charge is 0.356 e. The smallest absolute Gasteiger partial charge is 0.191 e. The van der Waals surface area contributed by atoms with E-state index in [4.69, 9.17) is 0 Å². The molecule has 1 fully saturated rings. The maximum Gasteiger partial charge on any atom is 0.191 e. The number of aryl methyl sites for hydroxylation is 1. The van der Waals surface area contributed by atoms with E-state index in [2.05, 4.69) is 38.9 Å². The highest BCUT2D eigenvalue weighted by atomic mass is 32.1. The monoisotopic (exact) mass is 336 g/mol. The van der Waals surface area contributed by atoms with E-state index < -0.39 is 0 Å². The van der Waals surface area contributed by atoms with E-state index in [9.17, 15) is 0 Å². The molecule has 1 aromatic rings. The Balaban J connectivity index is 1.51. The average Bonchev–Trinajstić information content (AvgIpc) is 2.99. The van der Waals surface area contributed by atoms with Crippen LogP contribution in [0.3, 0.4) is 0 Å². The molecule has 1 aromatic heterocycles. The predicted molar refractivity (Wildman–Crippen MR) is 101 cm³/mol. The molecule has 0 aliphatic carbocycles. The summed E-state index contributed by atoms with van der Waals surface area (Å²) in [7, 11) is 1.84. The molecule has 0 amide bonds. The van der Waals surface area contributed by atoms with Crippen molar-refractivity contribution in [1.82, 2.24) is 15.5 Å². The summed E-state index contributed by atoms with van der Waals surface area (Å²) in [5.74, 6) is 0.911. The Labute approximate surface area is 145 Å². The van der Waals surface area contributed by atoms with Crippen molar-refractivity contribution < 1.29 is 0 Å². The number of likely N-dealkylation sites (tertiary alicyclic amines) is 1. The highest BCUT2D eigenvalue weighted by molar-refractivity contribution is 7.10. The zero-order valence-corrected chi connectivity index (χ0v) is 15.6. The van der Waals surface area contributed by atoms with Gasteiger partial charge in [0, 0.05) is 18.5 Å². The molecule has 4 nitrogen and oxygen atoms in total. The molecule has 0 unspecified atom stereocenters. The van der Waals surface area contributed by atoms with Gasteiger partial charge in [0.2, 0.25) is 0 Å². The molecule has 0 aromatic carbocycles. The first-order chi connectivity index (χ1) is 11.3. The standard InChI is InChI=1S/C18H32N4S/c1-16-9-14-23-17(16)15-21-18(19-2)20-10-5-3-6-11-22-12-7-4-8-13-22/h9,14H,3-8,10-13,15H2,1-2H3,(H2,19,20,21). The van der Waals surface area contributed by atoms with Gasteiger partial charge in [-0.15, -0.1) is 11.3 Å². The van der Waals surface area contributed by atoms with Crippen molar-refractivity contribution in [2.75, 3.05) is 33.2 Å². The molecule has 2 rings (SSSR count). The van der Waals surface area contributed by atoms with Crippen LogP contribution in [0.5, 0.6) is 0 Å². The summed E-state index contributed by atoms with van der Waals surface area (Å²) < 4.78 is 0. The van der Waals surface area contributed by atoms with Gasteiger partial charge in [0.05, 0.1) is 6.54 Å². The van der Waals surface area contributed by atoms with Crippen LogP contribution in [0, 0.1) is 6.92 Å². The number of guanidine groups is 1. The third-order valence-corrected chi connectivity index (χ3v) is 5.52. The summed E-state index contributed by atoms with van der Waals surface area (Å²) in [4.78, 5) is 8.31. The number of aliphatic imine (C=N–C) groups is 1. The van der Waals surface area contributed by atoms with Crippen molar-refractivity contribution in [2.45, 2.75) is 52.0 Å². The Morgan fingerprint density at radius 1 is 1.17 bits per heavy atom. The Bertz CT molecular complexity index is 463. The van der Waals surface area contributed by atoms with Crippen LogP contribution in [-0.2, 0) is 6.54 Å². The first kappa shape index (κ1) is 18.3. The number of thiophene rings is 1. The number of piperidine rings is 1. The normalized spacial score (nSPS) is 16.5. The van der Waals surface area contributed by atoms with E-state index in [0.717, 1.165) is 19.0 Å². The lowest BCUT2D eigenvalue weighted by molar-refractivity contribution is 0.224. The summed E-state index contributed by atoms with van der Waals surface area (Å²) in [5, 5.41) is 8.96. The van der Waals surface area contributed by atoms with E-state index in [-0.39, 0.29) is 0 Å². The SMILES string of the molecule is CN=C(NCCCCCN1CCCCC1)NCc1sccc1C. The highest BCUT2D eigenvalue weighted by Crippen LogP contribution is 2.14. The minimum atomic E-state index is 0.859. The maximum absolute atomic E-state index is 4.30. The second-order valence-electron chi connectivity index (χ2n) is 6.34. The topological polar surface area (TPSA) is 39.7 Å². The van der Waals surface area contributed by atoms with Crippen LogP contribution >= 0.6 is 11.3 Å². The molecule has 23 heavy (non-hydrogen) atoms. The summed E-state index contributed by atoms with van der Waals surface area (Å²) in [6.45, 7) is 7.94. The molecule has 130 valence electrons. The maximum atomic E-state index is 4.30. The molecule has 2 N–H and O–H groups in total. The van der Waals surface area contributed by atoms with E-state index in [1.807, 2.05) is 7.05 Å². The third-order valence-electron chi connectivity index (χ3n) is 4.50. The van der Waals surface area contributed by atoms with Gasteiger partial charge in [0.15, 0.2) is 5.96 Å². The minimum absolute atomic E-state index is 0.859. The molecule has 0 radical (unpaired) electrons. The molecular weight excluding hydrogens is 304 g/mol. The van der Waals surface area contributed by atoms with Crippen LogP contribution in [0.2, 0.25) is 0 Å². The average molecular weight is 337 g/mol. The lowest BCUT2D eigenvalue weighted by Gasteiger charge is -2.26. The summed E-state index contributed by atoms with van der Waals surface area (Å²) >= 11 is 1.80. The lowest BCUT2D eigenvalue weighted by Crippen LogP contribution is -2.37. The van der Waals surface area contributed by atoms with Crippen molar-refractivity contribution in [3.63, 3.8) is 0 Å². The second kappa shape index (κ2) is 10.7. The van der Waals surface area contributed by atoms with Crippen molar-refractivity contribution in [3.05, 3.63) is 21.9 Å². The Morgan fingerprint density at radius 3 is 2.70 bits per heavy atom. The van der Waals surface area contributed by atoms with Crippen molar-refractivity contribution in [1.29, 1.82) is 0 Å². The molecule has 0 atom stereocenters. The molecule has 1 aliphatic rings. The van der Waals surface area contributed by atoms with Crippen LogP contribution in [0.15, 0.2) is 16.4 Å². The number of nitrogens with zero attached hydrogens (tertiary/aromatic N) is 2. The van der Waals surface area contributed by atoms with Gasteiger partial charge in [-0.05, 0) is 69.3 Å². The quantitative estimate of drug-likeness (QED) is 0.434. The first-order valence-electron chi connectivity index (χ1n) is 8.99. The molecule has 2 heterocycles. The van der Waals surface area contributed by atoms with E-state index in [1.54, 1.807) is 11.3 Å². The fraction of sp³-hybridized carbons (Fsp3) is 0.722. The fourth-order valence-electron chi connectivity index (χ4n) is 3.00. The van der Waals surface area contributed by atoms with Gasteiger partial charge in [-0.1, -0.05) is 12.8 Å². The number of hydrogen-bond donors (Lipinski definition) is 2. The number of rotatable bonds is 8. The Kier molecular flexibility index (Phi) is 8.47. The molecular formula is C18H32N4S. The summed E-state index contributed by atoms with van der Waals surface area (Å²) in [6.07, 6.45) is 8.05. The van der Waals surface area contributed by atoms with E-state index in [0.29, 0.717) is 0 Å². The molecule has 0 saturated carbocycles. The van der Waals surface area contributed by atoms with Crippen LogP contribution in [-0.4, -0.2) is 44.1 Å². The van der Waals surface area contributed by atoms with Crippen molar-refractivity contribution in [3.8, 4) is 0 Å². The molecule has 5 heteroatoms. The van der Waals surface area contributed by atoms with Crippen LogP contribution in [0.1, 0.15) is 49.0 Å². The number of unbranched alkanes of at least 4 members (excludes halogenated alkanes) is 2. The van der Waals surface area contributed by atoms with Gasteiger partial charge >= 0.3 is 0 Å². The van der Waals surface area contributed by atoms with E-state index in [1.165, 1.54) is 68.6 Å². The fourth-order valence-corrected chi connectivity index (χ4v) is 3.84. The number of nitrogens with one attached hydrogen (secondary N) is 2. The first-order valence-corrected chi connectivity index (χ1v) is 9.87. The minimum Gasteiger partial charge on any atom is -0.356 e. The van der Waals surface area contributed by atoms with Gasteiger partial charge in [-0.2, -0.15) is 0 Å². The van der Waals surface area contributed by atoms with Crippen LogP contribution in [0.4, 0.5) is 0 Å². The highest BCUT2D eigenvalue weighted by Gasteiger charge is 2.08. The molecule has 0 spiro atoms. The molecule has 1 aliphatic heterocycles. The molecule has 1 saturated heterocycles. The molecule has 0 bridgehead atoms. The summed E-state index contributed by atoms with van der Waals surface area (Å²) in [5.41, 5.74) is 1.36. The van der Waals surface area contributed by atoms with Gasteiger partial charge in [-0.25, -0.2) is 0 Å². The predicted octanol–water partition coefficient (Wildman–Crippen LogP) is 3.38. The Hall–Kier alpha value is -1.07. The van der Waals surface area contributed by atoms with Crippen LogP contribution < -0.4 is 10.6 Å². The third kappa shape index (κ3) is 6.92. The van der Waals surface area contributed by atoms with Crippen LogP contribution in [0.25, 0.3) is 0 Å². The van der Waals surface area contributed by atoms with Gasteiger partial charge < -0.3 is 15.5 Å². The lowest BCUT2D eigenvalue weighted by atomic mass is 10.1. The van der Waals surface area contributed by atoms with Gasteiger partial charge in [0.25, 0.3) is 0 Å².